The van der Waals surface area contributed by atoms with Crippen LogP contribution in [0.25, 0.3) is 0 Å². The molecule has 45 heavy (non-hydrogen) atoms. The summed E-state index contributed by atoms with van der Waals surface area (Å²) in [5.74, 6) is 1.20. The van der Waals surface area contributed by atoms with Crippen molar-refractivity contribution < 1.29 is 18.8 Å². The number of carbonyl (C=O) groups is 1. The molecule has 6 atom stereocenters. The molecule has 6 heteroatoms. The van der Waals surface area contributed by atoms with Gasteiger partial charge in [-0.1, -0.05) is 80.5 Å². The molecule has 3 aliphatic rings. The molecular weight excluding hydrogens is 589 g/mol. The second-order valence-electron chi connectivity index (χ2n) is 18.3. The molecule has 0 radical (unpaired) electrons. The van der Waals surface area contributed by atoms with Crippen molar-refractivity contribution in [2.45, 2.75) is 181 Å². The van der Waals surface area contributed by atoms with E-state index in [0.29, 0.717) is 29.6 Å². The van der Waals surface area contributed by atoms with E-state index in [4.69, 9.17) is 15.4 Å². The highest BCUT2D eigenvalue weighted by molar-refractivity contribution is 6.74. The first-order chi connectivity index (χ1) is 20.5. The molecule has 0 bridgehead atoms. The van der Waals surface area contributed by atoms with Gasteiger partial charge in [-0.25, -0.2) is 0 Å². The van der Waals surface area contributed by atoms with E-state index >= 15 is 0 Å². The molecule has 0 aromatic heterocycles. The lowest BCUT2D eigenvalue weighted by molar-refractivity contribution is -0.137. The average Bonchev–Trinajstić information content (AvgIpc) is 3.25. The third-order valence-corrected chi connectivity index (χ3v) is 22.1. The summed E-state index contributed by atoms with van der Waals surface area (Å²) < 4.78 is 14.3. The molecule has 1 N–H and O–H groups in total. The summed E-state index contributed by atoms with van der Waals surface area (Å²) in [6.07, 6.45) is 13.9. The highest BCUT2D eigenvalue weighted by Gasteiger charge is 2.51. The Hall–Kier alpha value is -0.956. The number of hydrogen-bond donors (Lipinski definition) is 1. The minimum Gasteiger partial charge on any atom is -0.481 e. The second kappa shape index (κ2) is 14.3. The summed E-state index contributed by atoms with van der Waals surface area (Å²) in [5.41, 5.74) is 6.06. The van der Waals surface area contributed by atoms with Crippen molar-refractivity contribution >= 4 is 22.6 Å². The van der Waals surface area contributed by atoms with Crippen molar-refractivity contribution in [3.63, 3.8) is 0 Å². The van der Waals surface area contributed by atoms with E-state index in [9.17, 15) is 9.90 Å². The summed E-state index contributed by atoms with van der Waals surface area (Å²) in [7, 11) is -3.97. The molecule has 3 fully saturated rings. The number of carboxylic acids is 1. The highest BCUT2D eigenvalue weighted by Crippen LogP contribution is 2.60. The van der Waals surface area contributed by atoms with E-state index in [1.165, 1.54) is 48.8 Å². The largest absolute Gasteiger partial charge is 0.481 e. The van der Waals surface area contributed by atoms with Crippen LogP contribution in [0.3, 0.4) is 0 Å². The van der Waals surface area contributed by atoms with Crippen LogP contribution in [0.2, 0.25) is 36.3 Å². The second-order valence-corrected chi connectivity index (χ2v) is 27.8. The standard InChI is InChI=1S/C39H70O4Si2/c1-15-29(32-19-17-23-39(10)33(21-22-34(32)39)27(2)18-16-20-36(40)41)24-30-25-31(42-44(11,12)37(4,5)6)26-35(28(30)3)43-45(13,14)38(7,8)9/h24,27,31,33-35H,3,15-23,25-26H2,1-2,4-14H3,(H,40,41)/b30-24-,32-29+/t27-,31-,33-,34+,35+,39-/m1/s1. The van der Waals surface area contributed by atoms with Crippen LogP contribution in [-0.4, -0.2) is 39.9 Å². The summed E-state index contributed by atoms with van der Waals surface area (Å²) in [5, 5.41) is 9.49. The predicted octanol–water partition coefficient (Wildman–Crippen LogP) is 11.9. The Balaban J connectivity index is 1.98. The maximum Gasteiger partial charge on any atom is 0.303 e. The average molecular weight is 659 g/mol. The Kier molecular flexibility index (Phi) is 12.2. The molecule has 0 aliphatic heterocycles. The van der Waals surface area contributed by atoms with Crippen molar-refractivity contribution in [2.75, 3.05) is 0 Å². The molecule has 0 aromatic rings. The maximum atomic E-state index is 11.2. The van der Waals surface area contributed by atoms with Crippen molar-refractivity contribution in [3.05, 3.63) is 34.9 Å². The minimum atomic E-state index is -2.01. The third kappa shape index (κ3) is 8.75. The van der Waals surface area contributed by atoms with Gasteiger partial charge in [0, 0.05) is 12.8 Å². The normalized spacial score (nSPS) is 31.2. The van der Waals surface area contributed by atoms with Crippen LogP contribution in [0.15, 0.2) is 34.9 Å². The first kappa shape index (κ1) is 38.5. The van der Waals surface area contributed by atoms with Crippen molar-refractivity contribution in [3.8, 4) is 0 Å². The molecule has 4 nitrogen and oxygen atoms in total. The van der Waals surface area contributed by atoms with Gasteiger partial charge in [0.15, 0.2) is 16.6 Å². The monoisotopic (exact) mass is 658 g/mol. The number of fused-ring (bicyclic) bond motifs is 1. The molecule has 0 spiro atoms. The van der Waals surface area contributed by atoms with Crippen molar-refractivity contribution in [2.24, 2.45) is 23.2 Å². The van der Waals surface area contributed by atoms with E-state index < -0.39 is 22.6 Å². The van der Waals surface area contributed by atoms with Crippen LogP contribution in [-0.2, 0) is 13.6 Å². The van der Waals surface area contributed by atoms with Crippen LogP contribution in [0.5, 0.6) is 0 Å². The van der Waals surface area contributed by atoms with Gasteiger partial charge >= 0.3 is 5.97 Å². The maximum absolute atomic E-state index is 11.2. The molecular formula is C39H70O4Si2. The van der Waals surface area contributed by atoms with Gasteiger partial charge in [0.1, 0.15) is 0 Å². The minimum absolute atomic E-state index is 0.00269. The molecule has 0 amide bonds. The fourth-order valence-corrected chi connectivity index (χ4v) is 11.0. The van der Waals surface area contributed by atoms with Gasteiger partial charge in [0.05, 0.1) is 12.2 Å². The van der Waals surface area contributed by atoms with Crippen LogP contribution >= 0.6 is 0 Å². The van der Waals surface area contributed by atoms with E-state index in [1.807, 2.05) is 0 Å². The number of allylic oxidation sites excluding steroid dienone is 3. The van der Waals surface area contributed by atoms with Crippen molar-refractivity contribution in [1.82, 2.24) is 0 Å². The van der Waals surface area contributed by atoms with Crippen LogP contribution < -0.4 is 0 Å². The SMILES string of the molecule is C=C1/C(=C\C(CC)=C2/CCC[C@]3(C)[C@@H]([C@H](C)CCCC(=O)O)CC[C@@H]23)C[C@@H](O[Si](C)(C)C(C)(C)C)C[C@@H]1O[Si](C)(C)C(C)(C)C. The Morgan fingerprint density at radius 3 is 2.22 bits per heavy atom. The number of carboxylic acid groups (broad SMARTS) is 1. The first-order valence-corrected chi connectivity index (χ1v) is 24.0. The lowest BCUT2D eigenvalue weighted by atomic mass is 9.60. The zero-order valence-corrected chi connectivity index (χ0v) is 33.6. The summed E-state index contributed by atoms with van der Waals surface area (Å²) in [6.45, 7) is 35.5. The lowest BCUT2D eigenvalue weighted by Crippen LogP contribution is -2.49. The number of hydrogen-bond acceptors (Lipinski definition) is 3. The fraction of sp³-hybridized carbons (Fsp3) is 0.821. The zero-order valence-electron chi connectivity index (χ0n) is 31.6. The smallest absolute Gasteiger partial charge is 0.303 e. The Morgan fingerprint density at radius 2 is 1.67 bits per heavy atom. The Bertz CT molecular complexity index is 1130. The van der Waals surface area contributed by atoms with E-state index in [2.05, 4.69) is 94.6 Å². The van der Waals surface area contributed by atoms with Gasteiger partial charge in [-0.2, -0.15) is 0 Å². The predicted molar refractivity (Wildman–Crippen MR) is 197 cm³/mol. The molecule has 3 rings (SSSR count). The third-order valence-electron chi connectivity index (χ3n) is 13.1. The lowest BCUT2D eigenvalue weighted by Gasteiger charge is -2.46. The van der Waals surface area contributed by atoms with E-state index in [1.54, 1.807) is 5.57 Å². The quantitative estimate of drug-likeness (QED) is 0.224. The summed E-state index contributed by atoms with van der Waals surface area (Å²) in [6, 6.07) is 0. The van der Waals surface area contributed by atoms with E-state index in [-0.39, 0.29) is 22.3 Å². The molecule has 0 unspecified atom stereocenters. The molecule has 3 saturated carbocycles. The molecule has 0 saturated heterocycles. The molecule has 0 heterocycles. The first-order valence-electron chi connectivity index (χ1n) is 18.2. The Morgan fingerprint density at radius 1 is 1.07 bits per heavy atom. The van der Waals surface area contributed by atoms with Crippen LogP contribution in [0, 0.1) is 23.2 Å². The zero-order chi connectivity index (χ0) is 34.2. The van der Waals surface area contributed by atoms with Crippen LogP contribution in [0.4, 0.5) is 0 Å². The van der Waals surface area contributed by atoms with Gasteiger partial charge in [-0.05, 0) is 134 Å². The summed E-state index contributed by atoms with van der Waals surface area (Å²) >= 11 is 0. The van der Waals surface area contributed by atoms with Gasteiger partial charge in [-0.3, -0.25) is 4.79 Å². The van der Waals surface area contributed by atoms with Gasteiger partial charge in [-0.15, -0.1) is 0 Å². The topological polar surface area (TPSA) is 55.8 Å². The van der Waals surface area contributed by atoms with Gasteiger partial charge in [0.2, 0.25) is 0 Å². The van der Waals surface area contributed by atoms with E-state index in [0.717, 1.165) is 32.1 Å². The number of aliphatic carboxylic acids is 1. The van der Waals surface area contributed by atoms with Crippen LogP contribution in [0.1, 0.15) is 133 Å². The molecule has 0 aromatic carbocycles. The highest BCUT2D eigenvalue weighted by atomic mass is 28.4. The molecule has 258 valence electrons. The van der Waals surface area contributed by atoms with Gasteiger partial charge < -0.3 is 14.0 Å². The molecule has 3 aliphatic carbocycles. The summed E-state index contributed by atoms with van der Waals surface area (Å²) in [4.78, 5) is 11.2. The van der Waals surface area contributed by atoms with Crippen molar-refractivity contribution in [1.29, 1.82) is 0 Å². The van der Waals surface area contributed by atoms with Gasteiger partial charge in [0.25, 0.3) is 0 Å². The fourth-order valence-electron chi connectivity index (χ4n) is 8.29. The Labute approximate surface area is 280 Å². The number of rotatable bonds is 11.